The van der Waals surface area contributed by atoms with Crippen molar-refractivity contribution in [3.8, 4) is 0 Å². The van der Waals surface area contributed by atoms with E-state index in [1.165, 1.54) is 19.3 Å². The van der Waals surface area contributed by atoms with Gasteiger partial charge < -0.3 is 10.6 Å². The summed E-state index contributed by atoms with van der Waals surface area (Å²) in [6.45, 7) is 7.90. The molecule has 2 N–H and O–H groups in total. The normalized spacial score (nSPS) is 27.5. The first kappa shape index (κ1) is 10.0. The predicted octanol–water partition coefficient (Wildman–Crippen LogP) is 1.37. The second-order valence-corrected chi connectivity index (χ2v) is 3.71. The molecule has 0 radical (unpaired) electrons. The van der Waals surface area contributed by atoms with Crippen LogP contribution in [0.5, 0.6) is 0 Å². The molecule has 1 aliphatic rings. The highest BCUT2D eigenvalue weighted by molar-refractivity contribution is 4.91. The van der Waals surface area contributed by atoms with Gasteiger partial charge in [-0.05, 0) is 25.3 Å². The van der Waals surface area contributed by atoms with E-state index in [1.54, 1.807) is 0 Å². The molecule has 2 atom stereocenters. The van der Waals surface area contributed by atoms with Gasteiger partial charge in [-0.1, -0.05) is 20.3 Å². The average molecular weight is 170 g/mol. The van der Waals surface area contributed by atoms with Gasteiger partial charge in [0.15, 0.2) is 0 Å². The first-order valence-electron chi connectivity index (χ1n) is 5.32. The molecule has 1 saturated carbocycles. The van der Waals surface area contributed by atoms with Gasteiger partial charge >= 0.3 is 0 Å². The first-order valence-corrected chi connectivity index (χ1v) is 5.32. The molecule has 0 spiro atoms. The maximum absolute atomic E-state index is 3.55. The summed E-state index contributed by atoms with van der Waals surface area (Å²) in [5.41, 5.74) is 0. The molecule has 1 rings (SSSR count). The summed E-state index contributed by atoms with van der Waals surface area (Å²) in [5.74, 6) is 0.983. The summed E-state index contributed by atoms with van der Waals surface area (Å²) in [6.07, 6.45) is 3.99. The van der Waals surface area contributed by atoms with E-state index < -0.39 is 0 Å². The van der Waals surface area contributed by atoms with Crippen molar-refractivity contribution in [1.82, 2.24) is 10.6 Å². The number of nitrogens with one attached hydrogen (secondary N) is 2. The van der Waals surface area contributed by atoms with Gasteiger partial charge in [-0.15, -0.1) is 0 Å². The van der Waals surface area contributed by atoms with Crippen molar-refractivity contribution in [3.05, 3.63) is 0 Å². The molecule has 1 aliphatic carbocycles. The Labute approximate surface area is 76.1 Å². The van der Waals surface area contributed by atoms with Crippen molar-refractivity contribution in [2.45, 2.75) is 39.2 Å². The monoisotopic (exact) mass is 170 g/mol. The van der Waals surface area contributed by atoms with Crippen molar-refractivity contribution in [3.63, 3.8) is 0 Å². The van der Waals surface area contributed by atoms with Crippen LogP contribution in [0.25, 0.3) is 0 Å². The van der Waals surface area contributed by atoms with Crippen LogP contribution in [0.2, 0.25) is 0 Å². The van der Waals surface area contributed by atoms with Crippen LogP contribution in [0.4, 0.5) is 0 Å². The van der Waals surface area contributed by atoms with E-state index in [0.29, 0.717) is 0 Å². The van der Waals surface area contributed by atoms with E-state index in [9.17, 15) is 0 Å². The van der Waals surface area contributed by atoms with Crippen molar-refractivity contribution >= 4 is 0 Å². The maximum Gasteiger partial charge on any atom is 0.00995 e. The molecule has 2 nitrogen and oxygen atoms in total. The van der Waals surface area contributed by atoms with Gasteiger partial charge in [0, 0.05) is 19.1 Å². The number of rotatable bonds is 7. The molecule has 0 aliphatic heterocycles. The molecule has 0 aromatic heterocycles. The standard InChI is InChI=1S/C10H22N2/c1-3-5-11-6-7-12-10-8-9(10)4-2/h9-12H,3-8H2,1-2H3. The Bertz CT molecular complexity index is 114. The molecule has 0 amide bonds. The average Bonchev–Trinajstić information content (AvgIpc) is 2.83. The molecule has 0 heterocycles. The highest BCUT2D eigenvalue weighted by atomic mass is 15.0. The Morgan fingerprint density at radius 2 is 2.00 bits per heavy atom. The zero-order valence-electron chi connectivity index (χ0n) is 8.40. The fraction of sp³-hybridized carbons (Fsp3) is 1.00. The zero-order chi connectivity index (χ0) is 8.81. The fourth-order valence-corrected chi connectivity index (χ4v) is 1.60. The molecule has 0 bridgehead atoms. The fourth-order valence-electron chi connectivity index (χ4n) is 1.60. The van der Waals surface area contributed by atoms with Gasteiger partial charge in [-0.25, -0.2) is 0 Å². The minimum atomic E-state index is 0.846. The van der Waals surface area contributed by atoms with Crippen LogP contribution in [0, 0.1) is 5.92 Å². The van der Waals surface area contributed by atoms with Gasteiger partial charge in [-0.3, -0.25) is 0 Å². The molecular weight excluding hydrogens is 148 g/mol. The Kier molecular flexibility index (Phi) is 4.62. The highest BCUT2D eigenvalue weighted by Gasteiger charge is 2.34. The van der Waals surface area contributed by atoms with Crippen molar-refractivity contribution < 1.29 is 0 Å². The Morgan fingerprint density at radius 1 is 1.17 bits per heavy atom. The largest absolute Gasteiger partial charge is 0.315 e. The molecule has 0 saturated heterocycles. The molecule has 2 unspecified atom stereocenters. The van der Waals surface area contributed by atoms with Gasteiger partial charge in [0.2, 0.25) is 0 Å². The molecule has 12 heavy (non-hydrogen) atoms. The van der Waals surface area contributed by atoms with E-state index in [1.807, 2.05) is 0 Å². The number of hydrogen-bond acceptors (Lipinski definition) is 2. The smallest absolute Gasteiger partial charge is 0.00995 e. The van der Waals surface area contributed by atoms with E-state index in [-0.39, 0.29) is 0 Å². The van der Waals surface area contributed by atoms with Crippen LogP contribution < -0.4 is 10.6 Å². The second-order valence-electron chi connectivity index (χ2n) is 3.71. The third-order valence-electron chi connectivity index (χ3n) is 2.58. The van der Waals surface area contributed by atoms with Crippen LogP contribution in [-0.2, 0) is 0 Å². The van der Waals surface area contributed by atoms with Crippen LogP contribution in [0.3, 0.4) is 0 Å². The van der Waals surface area contributed by atoms with Crippen molar-refractivity contribution in [1.29, 1.82) is 0 Å². The van der Waals surface area contributed by atoms with Crippen LogP contribution in [0.1, 0.15) is 33.1 Å². The highest BCUT2D eigenvalue weighted by Crippen LogP contribution is 2.32. The van der Waals surface area contributed by atoms with Crippen LogP contribution in [-0.4, -0.2) is 25.7 Å². The van der Waals surface area contributed by atoms with Gasteiger partial charge in [-0.2, -0.15) is 0 Å². The molecule has 0 aromatic rings. The molecule has 1 fully saturated rings. The van der Waals surface area contributed by atoms with Gasteiger partial charge in [0.25, 0.3) is 0 Å². The summed E-state index contributed by atoms with van der Waals surface area (Å²) >= 11 is 0. The third-order valence-corrected chi connectivity index (χ3v) is 2.58. The van der Waals surface area contributed by atoms with Crippen molar-refractivity contribution in [2.24, 2.45) is 5.92 Å². The van der Waals surface area contributed by atoms with E-state index in [2.05, 4.69) is 24.5 Å². The Balaban J connectivity index is 1.78. The summed E-state index contributed by atoms with van der Waals surface area (Å²) < 4.78 is 0. The summed E-state index contributed by atoms with van der Waals surface area (Å²) in [7, 11) is 0. The maximum atomic E-state index is 3.55. The van der Waals surface area contributed by atoms with Crippen LogP contribution >= 0.6 is 0 Å². The Morgan fingerprint density at radius 3 is 2.58 bits per heavy atom. The molecular formula is C10H22N2. The summed E-state index contributed by atoms with van der Waals surface area (Å²) in [6, 6.07) is 0.846. The zero-order valence-corrected chi connectivity index (χ0v) is 8.40. The lowest BCUT2D eigenvalue weighted by Gasteiger charge is -2.04. The second kappa shape index (κ2) is 5.55. The minimum Gasteiger partial charge on any atom is -0.315 e. The van der Waals surface area contributed by atoms with E-state index >= 15 is 0 Å². The lowest BCUT2D eigenvalue weighted by atomic mass is 10.3. The van der Waals surface area contributed by atoms with Gasteiger partial charge in [0.05, 0.1) is 0 Å². The molecule has 2 heteroatoms. The Hall–Kier alpha value is -0.0800. The van der Waals surface area contributed by atoms with E-state index in [4.69, 9.17) is 0 Å². The van der Waals surface area contributed by atoms with Crippen LogP contribution in [0.15, 0.2) is 0 Å². The van der Waals surface area contributed by atoms with E-state index in [0.717, 1.165) is 31.6 Å². The van der Waals surface area contributed by atoms with Gasteiger partial charge in [0.1, 0.15) is 0 Å². The topological polar surface area (TPSA) is 24.1 Å². The lowest BCUT2D eigenvalue weighted by Crippen LogP contribution is -2.29. The third kappa shape index (κ3) is 3.55. The summed E-state index contributed by atoms with van der Waals surface area (Å²) in [5, 5.41) is 6.94. The summed E-state index contributed by atoms with van der Waals surface area (Å²) in [4.78, 5) is 0. The quantitative estimate of drug-likeness (QED) is 0.564. The predicted molar refractivity (Wildman–Crippen MR) is 53.3 cm³/mol. The molecule has 0 aromatic carbocycles. The SMILES string of the molecule is CCCNCCNC1CC1CC. The first-order chi connectivity index (χ1) is 5.88. The number of hydrogen-bond donors (Lipinski definition) is 2. The van der Waals surface area contributed by atoms with Crippen molar-refractivity contribution in [2.75, 3.05) is 19.6 Å². The molecule has 72 valence electrons. The minimum absolute atomic E-state index is 0.846. The lowest BCUT2D eigenvalue weighted by molar-refractivity contribution is 0.579.